The molecule has 1 N–H and O–H groups in total. The number of halogens is 2. The van der Waals surface area contributed by atoms with Gasteiger partial charge in [-0.25, -0.2) is 12.7 Å². The number of rotatable bonds is 1. The predicted octanol–water partition coefficient (Wildman–Crippen LogP) is 1.09. The first kappa shape index (κ1) is 11.7. The summed E-state index contributed by atoms with van der Waals surface area (Å²) in [6.07, 6.45) is 0. The summed E-state index contributed by atoms with van der Waals surface area (Å²) in [4.78, 5) is 11.3. The first-order valence-corrected chi connectivity index (χ1v) is 6.26. The van der Waals surface area contributed by atoms with E-state index in [-0.39, 0.29) is 20.5 Å². The van der Waals surface area contributed by atoms with Crippen LogP contribution < -0.4 is 0 Å². The van der Waals surface area contributed by atoms with Gasteiger partial charge in [0.25, 0.3) is 15.9 Å². The van der Waals surface area contributed by atoms with Crippen LogP contribution in [0.2, 0.25) is 10.0 Å². The van der Waals surface area contributed by atoms with Crippen molar-refractivity contribution in [3.63, 3.8) is 0 Å². The molecule has 0 saturated carbocycles. The molecule has 0 aromatic heterocycles. The monoisotopic (exact) mass is 281 g/mol. The highest BCUT2D eigenvalue weighted by atomic mass is 35.5. The SMILES string of the molecule is O=C1c2c(Cl)ccc(Cl)c2S(=O)(=O)N1CO. The lowest BCUT2D eigenvalue weighted by Crippen LogP contribution is -2.30. The summed E-state index contributed by atoms with van der Waals surface area (Å²) in [7, 11) is -4.08. The molecule has 1 aliphatic heterocycles. The van der Waals surface area contributed by atoms with E-state index in [9.17, 15) is 13.2 Å². The molecule has 2 rings (SSSR count). The number of aliphatic hydroxyl groups excluding tert-OH is 1. The molecule has 86 valence electrons. The van der Waals surface area contributed by atoms with E-state index in [0.29, 0.717) is 4.31 Å². The maximum absolute atomic E-state index is 11.8. The first-order chi connectivity index (χ1) is 7.41. The van der Waals surface area contributed by atoms with E-state index in [1.807, 2.05) is 0 Å². The predicted molar refractivity (Wildman–Crippen MR) is 56.9 cm³/mol. The summed E-state index contributed by atoms with van der Waals surface area (Å²) in [6, 6.07) is 2.62. The van der Waals surface area contributed by atoms with Crippen LogP contribution in [0.4, 0.5) is 0 Å². The lowest BCUT2D eigenvalue weighted by molar-refractivity contribution is 0.0768. The van der Waals surface area contributed by atoms with Crippen molar-refractivity contribution in [2.45, 2.75) is 4.90 Å². The Hall–Kier alpha value is -0.820. The number of aliphatic hydroxyl groups is 1. The van der Waals surface area contributed by atoms with Crippen LogP contribution in [0.15, 0.2) is 17.0 Å². The summed E-state index contributed by atoms with van der Waals surface area (Å²) in [6.45, 7) is -0.942. The second-order valence-corrected chi connectivity index (χ2v) is 5.65. The third-order valence-electron chi connectivity index (χ3n) is 2.18. The number of fused-ring (bicyclic) bond motifs is 1. The first-order valence-electron chi connectivity index (χ1n) is 4.07. The van der Waals surface area contributed by atoms with E-state index in [2.05, 4.69) is 0 Å². The van der Waals surface area contributed by atoms with Crippen LogP contribution in [-0.4, -0.2) is 30.5 Å². The molecule has 0 atom stereocenters. The van der Waals surface area contributed by atoms with Crippen LogP contribution in [0.1, 0.15) is 10.4 Å². The van der Waals surface area contributed by atoms with Gasteiger partial charge < -0.3 is 5.11 Å². The topological polar surface area (TPSA) is 74.7 Å². The zero-order valence-corrected chi connectivity index (χ0v) is 9.97. The Balaban J connectivity index is 2.87. The number of sulfonamides is 1. The summed E-state index contributed by atoms with van der Waals surface area (Å²) < 4.78 is 23.9. The van der Waals surface area contributed by atoms with Crippen molar-refractivity contribution in [2.75, 3.05) is 6.73 Å². The van der Waals surface area contributed by atoms with Gasteiger partial charge in [0.15, 0.2) is 0 Å². The fourth-order valence-electron chi connectivity index (χ4n) is 1.47. The third-order valence-corrected chi connectivity index (χ3v) is 4.72. The van der Waals surface area contributed by atoms with Gasteiger partial charge in [0.05, 0.1) is 15.6 Å². The Kier molecular flexibility index (Phi) is 2.62. The van der Waals surface area contributed by atoms with Crippen molar-refractivity contribution in [3.05, 3.63) is 27.7 Å². The highest BCUT2D eigenvalue weighted by molar-refractivity contribution is 7.90. The van der Waals surface area contributed by atoms with Crippen molar-refractivity contribution < 1.29 is 18.3 Å². The van der Waals surface area contributed by atoms with Gasteiger partial charge in [-0.3, -0.25) is 4.79 Å². The zero-order chi connectivity index (χ0) is 12.1. The number of carbonyl (C=O) groups is 1. The van der Waals surface area contributed by atoms with Gasteiger partial charge in [0.1, 0.15) is 11.6 Å². The van der Waals surface area contributed by atoms with E-state index < -0.39 is 22.7 Å². The molecular weight excluding hydrogens is 277 g/mol. The standard InChI is InChI=1S/C8H5Cl2NO4S/c9-4-1-2-5(10)7-6(4)8(13)11(3-12)16(7,14)15/h1-2,12H,3H2. The minimum atomic E-state index is -4.08. The molecule has 0 saturated heterocycles. The Bertz CT molecular complexity index is 584. The molecule has 0 bridgehead atoms. The second kappa shape index (κ2) is 3.59. The van der Waals surface area contributed by atoms with E-state index in [4.69, 9.17) is 28.3 Å². The second-order valence-electron chi connectivity index (χ2n) is 3.03. The summed E-state index contributed by atoms with van der Waals surface area (Å²) in [5, 5.41) is 8.76. The van der Waals surface area contributed by atoms with Gasteiger partial charge in [0.2, 0.25) is 0 Å². The molecule has 1 heterocycles. The van der Waals surface area contributed by atoms with Gasteiger partial charge in [0, 0.05) is 0 Å². The minimum Gasteiger partial charge on any atom is -0.375 e. The normalized spacial score (nSPS) is 17.7. The van der Waals surface area contributed by atoms with Crippen LogP contribution >= 0.6 is 23.2 Å². The Morgan fingerprint density at radius 2 is 1.81 bits per heavy atom. The Morgan fingerprint density at radius 3 is 2.31 bits per heavy atom. The zero-order valence-electron chi connectivity index (χ0n) is 7.65. The Morgan fingerprint density at radius 1 is 1.25 bits per heavy atom. The van der Waals surface area contributed by atoms with Gasteiger partial charge in [-0.05, 0) is 12.1 Å². The summed E-state index contributed by atoms with van der Waals surface area (Å²) in [5.74, 6) is -0.870. The maximum atomic E-state index is 11.8. The number of hydrogen-bond acceptors (Lipinski definition) is 4. The van der Waals surface area contributed by atoms with Crippen LogP contribution in [0.3, 0.4) is 0 Å². The molecule has 0 spiro atoms. The number of hydrogen-bond donors (Lipinski definition) is 1. The van der Waals surface area contributed by atoms with Crippen molar-refractivity contribution in [1.82, 2.24) is 4.31 Å². The van der Waals surface area contributed by atoms with Crippen LogP contribution in [0.5, 0.6) is 0 Å². The smallest absolute Gasteiger partial charge is 0.272 e. The average Bonchev–Trinajstić information content (AvgIpc) is 2.41. The van der Waals surface area contributed by atoms with E-state index in [1.165, 1.54) is 12.1 Å². The fraction of sp³-hybridized carbons (Fsp3) is 0.125. The van der Waals surface area contributed by atoms with Crippen molar-refractivity contribution in [1.29, 1.82) is 0 Å². The van der Waals surface area contributed by atoms with E-state index in [1.54, 1.807) is 0 Å². The molecule has 0 unspecified atom stereocenters. The fourth-order valence-corrected chi connectivity index (χ4v) is 3.66. The summed E-state index contributed by atoms with van der Waals surface area (Å²) >= 11 is 11.4. The largest absolute Gasteiger partial charge is 0.375 e. The highest BCUT2D eigenvalue weighted by Crippen LogP contribution is 2.38. The minimum absolute atomic E-state index is 0.0103. The summed E-state index contributed by atoms with van der Waals surface area (Å²) in [5.41, 5.74) is -0.191. The maximum Gasteiger partial charge on any atom is 0.272 e. The lowest BCUT2D eigenvalue weighted by Gasteiger charge is -2.10. The van der Waals surface area contributed by atoms with E-state index in [0.717, 1.165) is 0 Å². The van der Waals surface area contributed by atoms with Gasteiger partial charge in [-0.15, -0.1) is 0 Å². The van der Waals surface area contributed by atoms with Gasteiger partial charge in [-0.1, -0.05) is 23.2 Å². The molecule has 0 aliphatic carbocycles. The van der Waals surface area contributed by atoms with Crippen LogP contribution in [-0.2, 0) is 10.0 Å². The number of carbonyl (C=O) groups excluding carboxylic acids is 1. The van der Waals surface area contributed by atoms with E-state index >= 15 is 0 Å². The third kappa shape index (κ3) is 1.34. The Labute approximate surface area is 101 Å². The number of amides is 1. The van der Waals surface area contributed by atoms with Crippen molar-refractivity contribution in [2.24, 2.45) is 0 Å². The molecule has 1 amide bonds. The lowest BCUT2D eigenvalue weighted by atomic mass is 10.2. The molecule has 8 heteroatoms. The van der Waals surface area contributed by atoms with Crippen LogP contribution in [0, 0.1) is 0 Å². The molecular formula is C8H5Cl2NO4S. The number of benzene rings is 1. The molecule has 0 fully saturated rings. The van der Waals surface area contributed by atoms with Crippen LogP contribution in [0.25, 0.3) is 0 Å². The van der Waals surface area contributed by atoms with Gasteiger partial charge in [-0.2, -0.15) is 0 Å². The molecule has 1 aliphatic rings. The average molecular weight is 282 g/mol. The quantitative estimate of drug-likeness (QED) is 0.836. The highest BCUT2D eigenvalue weighted by Gasteiger charge is 2.44. The number of nitrogens with zero attached hydrogens (tertiary/aromatic N) is 1. The molecule has 1 aromatic carbocycles. The molecule has 1 aromatic rings. The molecule has 0 radical (unpaired) electrons. The molecule has 16 heavy (non-hydrogen) atoms. The van der Waals surface area contributed by atoms with Crippen molar-refractivity contribution in [3.8, 4) is 0 Å². The van der Waals surface area contributed by atoms with Crippen molar-refractivity contribution >= 4 is 39.1 Å². The van der Waals surface area contributed by atoms with Gasteiger partial charge >= 0.3 is 0 Å². The molecule has 5 nitrogen and oxygen atoms in total.